The monoisotopic (exact) mass is 338 g/mol. The molecule has 130 valence electrons. The van der Waals surface area contributed by atoms with Gasteiger partial charge in [0.15, 0.2) is 12.2 Å². The summed E-state index contributed by atoms with van der Waals surface area (Å²) in [6.45, 7) is -0.473. The molecule has 2 heterocycles. The van der Waals surface area contributed by atoms with Gasteiger partial charge in [-0.2, -0.15) is 4.68 Å². The number of nitrogens with zero attached hydrogens (tertiary/aromatic N) is 4. The normalized spacial score (nSPS) is 30.1. The minimum Gasteiger partial charge on any atom is -0.462 e. The van der Waals surface area contributed by atoms with Crippen LogP contribution in [0, 0.1) is 0 Å². The van der Waals surface area contributed by atoms with Crippen molar-refractivity contribution in [1.82, 2.24) is 20.2 Å². The Morgan fingerprint density at radius 3 is 2.54 bits per heavy atom. The minimum atomic E-state index is -1.33. The predicted molar refractivity (Wildman–Crippen MR) is 78.0 cm³/mol. The summed E-state index contributed by atoms with van der Waals surface area (Å²) in [5, 5.41) is 40.8. The molecule has 0 radical (unpaired) electrons. The molecule has 1 aromatic carbocycles. The van der Waals surface area contributed by atoms with Crippen molar-refractivity contribution in [3.8, 4) is 11.8 Å². The maximum absolute atomic E-state index is 10.5. The Morgan fingerprint density at radius 2 is 1.92 bits per heavy atom. The standard InChI is InChI=1S/C14H18N4O6/c1-18-14(15-16-17-18)24-12-10(20)9(7-19)23-13(11(12)21)22-8-5-3-2-4-6-8/h2-6,9-13,19-21H,7H2,1H3/t9-,10-,11-,12+,13-/m1/s1. The van der Waals surface area contributed by atoms with E-state index in [9.17, 15) is 15.3 Å². The maximum atomic E-state index is 10.5. The van der Waals surface area contributed by atoms with Crippen LogP contribution in [0.2, 0.25) is 0 Å². The van der Waals surface area contributed by atoms with Crippen LogP contribution < -0.4 is 9.47 Å². The van der Waals surface area contributed by atoms with Gasteiger partial charge >= 0.3 is 6.01 Å². The van der Waals surface area contributed by atoms with Gasteiger partial charge in [-0.1, -0.05) is 23.3 Å². The third-order valence-corrected chi connectivity index (χ3v) is 3.64. The summed E-state index contributed by atoms with van der Waals surface area (Å²) in [4.78, 5) is 0. The van der Waals surface area contributed by atoms with Gasteiger partial charge in [0.2, 0.25) is 6.29 Å². The SMILES string of the molecule is Cn1nnnc1O[C@@H]1[C@@H](O)[C@H](Oc2ccccc2)O[C@H](CO)[C@H]1O. The lowest BCUT2D eigenvalue weighted by Gasteiger charge is -2.41. The second kappa shape index (κ2) is 7.09. The van der Waals surface area contributed by atoms with Gasteiger partial charge in [0.05, 0.1) is 6.61 Å². The van der Waals surface area contributed by atoms with Crippen LogP contribution in [0.1, 0.15) is 0 Å². The molecule has 1 aromatic heterocycles. The second-order valence-electron chi connectivity index (χ2n) is 5.31. The fourth-order valence-corrected chi connectivity index (χ4v) is 2.37. The van der Waals surface area contributed by atoms with Gasteiger partial charge in [0.25, 0.3) is 0 Å². The van der Waals surface area contributed by atoms with Gasteiger partial charge in [-0.15, -0.1) is 0 Å². The van der Waals surface area contributed by atoms with E-state index in [2.05, 4.69) is 15.5 Å². The van der Waals surface area contributed by atoms with Crippen molar-refractivity contribution in [2.24, 2.45) is 7.05 Å². The molecule has 5 atom stereocenters. The molecule has 1 saturated heterocycles. The first-order valence-corrected chi connectivity index (χ1v) is 7.33. The highest BCUT2D eigenvalue weighted by molar-refractivity contribution is 5.21. The molecule has 0 saturated carbocycles. The molecule has 24 heavy (non-hydrogen) atoms. The molecule has 3 N–H and O–H groups in total. The van der Waals surface area contributed by atoms with Crippen molar-refractivity contribution in [3.05, 3.63) is 30.3 Å². The van der Waals surface area contributed by atoms with Crippen LogP contribution in [0.5, 0.6) is 11.8 Å². The zero-order valence-corrected chi connectivity index (χ0v) is 12.8. The number of benzene rings is 1. The van der Waals surface area contributed by atoms with Crippen molar-refractivity contribution in [2.75, 3.05) is 6.61 Å². The number of hydrogen-bond donors (Lipinski definition) is 3. The third kappa shape index (κ3) is 3.31. The van der Waals surface area contributed by atoms with Gasteiger partial charge in [-0.3, -0.25) is 0 Å². The summed E-state index contributed by atoms with van der Waals surface area (Å²) in [7, 11) is 1.55. The molecule has 10 nitrogen and oxygen atoms in total. The zero-order valence-electron chi connectivity index (χ0n) is 12.8. The smallest absolute Gasteiger partial charge is 0.335 e. The first-order valence-electron chi connectivity index (χ1n) is 7.33. The predicted octanol–water partition coefficient (Wildman–Crippen LogP) is -1.52. The fraction of sp³-hybridized carbons (Fsp3) is 0.500. The summed E-state index contributed by atoms with van der Waals surface area (Å²) < 4.78 is 17.8. The molecule has 3 rings (SSSR count). The number of aromatic nitrogens is 4. The van der Waals surface area contributed by atoms with Gasteiger partial charge in [-0.05, 0) is 22.6 Å². The number of ether oxygens (including phenoxy) is 3. The van der Waals surface area contributed by atoms with Crippen molar-refractivity contribution < 1.29 is 29.5 Å². The van der Waals surface area contributed by atoms with E-state index < -0.39 is 37.3 Å². The molecular weight excluding hydrogens is 320 g/mol. The highest BCUT2D eigenvalue weighted by atomic mass is 16.7. The average molecular weight is 338 g/mol. The van der Waals surface area contributed by atoms with E-state index in [1.54, 1.807) is 31.3 Å². The maximum Gasteiger partial charge on any atom is 0.335 e. The Morgan fingerprint density at radius 1 is 1.17 bits per heavy atom. The van der Waals surface area contributed by atoms with Crippen LogP contribution in [-0.2, 0) is 11.8 Å². The molecule has 0 spiro atoms. The van der Waals surface area contributed by atoms with E-state index in [4.69, 9.17) is 14.2 Å². The van der Waals surface area contributed by atoms with E-state index in [1.165, 1.54) is 4.68 Å². The lowest BCUT2D eigenvalue weighted by atomic mass is 9.99. The molecule has 10 heteroatoms. The third-order valence-electron chi connectivity index (χ3n) is 3.64. The Labute approximate surface area is 137 Å². The number of aryl methyl sites for hydroxylation is 1. The summed E-state index contributed by atoms with van der Waals surface area (Å²) >= 11 is 0. The van der Waals surface area contributed by atoms with Gasteiger partial charge in [0, 0.05) is 7.05 Å². The molecule has 2 aromatic rings. The number of hydrogen-bond acceptors (Lipinski definition) is 9. The first kappa shape index (κ1) is 16.6. The Hall–Kier alpha value is -2.27. The van der Waals surface area contributed by atoms with E-state index in [0.29, 0.717) is 5.75 Å². The van der Waals surface area contributed by atoms with Gasteiger partial charge in [0.1, 0.15) is 18.0 Å². The quantitative estimate of drug-likeness (QED) is 0.594. The number of aliphatic hydroxyl groups excluding tert-OH is 3. The van der Waals surface area contributed by atoms with Gasteiger partial charge in [-0.25, -0.2) is 0 Å². The van der Waals surface area contributed by atoms with Crippen LogP contribution in [0.3, 0.4) is 0 Å². The zero-order chi connectivity index (χ0) is 17.1. The fourth-order valence-electron chi connectivity index (χ4n) is 2.37. The van der Waals surface area contributed by atoms with E-state index in [1.807, 2.05) is 6.07 Å². The number of aliphatic hydroxyl groups is 3. The number of tetrazole rings is 1. The molecule has 1 fully saturated rings. The Bertz CT molecular complexity index is 654. The molecule has 0 bridgehead atoms. The van der Waals surface area contributed by atoms with E-state index >= 15 is 0 Å². The van der Waals surface area contributed by atoms with Crippen molar-refractivity contribution in [3.63, 3.8) is 0 Å². The summed E-state index contributed by atoms with van der Waals surface area (Å²) in [6, 6.07) is 8.74. The topological polar surface area (TPSA) is 132 Å². The molecule has 0 aliphatic carbocycles. The van der Waals surface area contributed by atoms with Crippen molar-refractivity contribution in [2.45, 2.75) is 30.7 Å². The van der Waals surface area contributed by atoms with Crippen molar-refractivity contribution in [1.29, 1.82) is 0 Å². The average Bonchev–Trinajstić information content (AvgIpc) is 3.00. The van der Waals surface area contributed by atoms with Crippen molar-refractivity contribution >= 4 is 0 Å². The minimum absolute atomic E-state index is 0.00940. The highest BCUT2D eigenvalue weighted by Gasteiger charge is 2.47. The Kier molecular flexibility index (Phi) is 4.90. The lowest BCUT2D eigenvalue weighted by molar-refractivity contribution is -0.273. The molecule has 0 amide bonds. The number of para-hydroxylation sites is 1. The molecule has 0 unspecified atom stereocenters. The first-order chi connectivity index (χ1) is 11.6. The van der Waals surface area contributed by atoms with Crippen LogP contribution in [0.4, 0.5) is 0 Å². The summed E-state index contributed by atoms with van der Waals surface area (Å²) in [6.07, 6.45) is -5.90. The lowest BCUT2D eigenvalue weighted by Crippen LogP contribution is -2.62. The number of rotatable bonds is 5. The van der Waals surface area contributed by atoms with E-state index in [0.717, 1.165) is 0 Å². The van der Waals surface area contributed by atoms with Crippen LogP contribution in [-0.4, -0.2) is 72.8 Å². The Balaban J connectivity index is 1.79. The van der Waals surface area contributed by atoms with E-state index in [-0.39, 0.29) is 6.01 Å². The highest BCUT2D eigenvalue weighted by Crippen LogP contribution is 2.26. The van der Waals surface area contributed by atoms with Gasteiger partial charge < -0.3 is 29.5 Å². The summed E-state index contributed by atoms with van der Waals surface area (Å²) in [5.74, 6) is 0.466. The van der Waals surface area contributed by atoms with Crippen LogP contribution in [0.25, 0.3) is 0 Å². The van der Waals surface area contributed by atoms with Crippen LogP contribution >= 0.6 is 0 Å². The van der Waals surface area contributed by atoms with Crippen LogP contribution in [0.15, 0.2) is 30.3 Å². The largest absolute Gasteiger partial charge is 0.462 e. The summed E-state index contributed by atoms with van der Waals surface area (Å²) in [5.41, 5.74) is 0. The molecule has 1 aliphatic rings. The second-order valence-corrected chi connectivity index (χ2v) is 5.31. The molecular formula is C14H18N4O6. The molecule has 1 aliphatic heterocycles.